The quantitative estimate of drug-likeness (QED) is 0.855. The Kier molecular flexibility index (Phi) is 5.04. The van der Waals surface area contributed by atoms with Crippen LogP contribution >= 0.6 is 11.6 Å². The van der Waals surface area contributed by atoms with E-state index >= 15 is 0 Å². The molecule has 0 radical (unpaired) electrons. The standard InChI is InChI=1S/C16H18ClNO2S/c1-12-8-9-16(13(2)10-12)21(19,20)18-11-15(17)14-6-4-3-5-7-14/h3-10,15,18H,11H2,1-2H3. The summed E-state index contributed by atoms with van der Waals surface area (Å²) < 4.78 is 27.2. The molecule has 0 aliphatic rings. The number of rotatable bonds is 5. The van der Waals surface area contributed by atoms with E-state index in [0.29, 0.717) is 4.90 Å². The molecule has 0 aliphatic heterocycles. The van der Waals surface area contributed by atoms with Crippen molar-refractivity contribution in [2.45, 2.75) is 24.1 Å². The number of nitrogens with one attached hydrogen (secondary N) is 1. The minimum absolute atomic E-state index is 0.154. The monoisotopic (exact) mass is 323 g/mol. The van der Waals surface area contributed by atoms with Gasteiger partial charge in [0.15, 0.2) is 0 Å². The van der Waals surface area contributed by atoms with Gasteiger partial charge >= 0.3 is 0 Å². The van der Waals surface area contributed by atoms with Crippen LogP contribution in [0.3, 0.4) is 0 Å². The van der Waals surface area contributed by atoms with E-state index in [1.165, 1.54) is 0 Å². The second-order valence-electron chi connectivity index (χ2n) is 5.00. The van der Waals surface area contributed by atoms with E-state index in [1.54, 1.807) is 19.1 Å². The maximum atomic E-state index is 12.3. The van der Waals surface area contributed by atoms with Crippen molar-refractivity contribution in [1.29, 1.82) is 0 Å². The van der Waals surface area contributed by atoms with Gasteiger partial charge in [-0.3, -0.25) is 0 Å². The van der Waals surface area contributed by atoms with Crippen LogP contribution in [0.15, 0.2) is 53.4 Å². The van der Waals surface area contributed by atoms with Crippen LogP contribution in [0.4, 0.5) is 0 Å². The van der Waals surface area contributed by atoms with Crippen LogP contribution in [0, 0.1) is 13.8 Å². The van der Waals surface area contributed by atoms with Gasteiger partial charge in [-0.1, -0.05) is 48.0 Å². The summed E-state index contributed by atoms with van der Waals surface area (Å²) in [5.41, 5.74) is 2.65. The van der Waals surface area contributed by atoms with E-state index in [0.717, 1.165) is 16.7 Å². The molecule has 1 unspecified atom stereocenters. The Morgan fingerprint density at radius 2 is 1.76 bits per heavy atom. The maximum absolute atomic E-state index is 12.3. The van der Waals surface area contributed by atoms with Gasteiger partial charge in [0.05, 0.1) is 10.3 Å². The SMILES string of the molecule is Cc1ccc(S(=O)(=O)NCC(Cl)c2ccccc2)c(C)c1. The van der Waals surface area contributed by atoms with Crippen LogP contribution in [0.25, 0.3) is 0 Å². The van der Waals surface area contributed by atoms with Crippen molar-refractivity contribution in [3.8, 4) is 0 Å². The molecular weight excluding hydrogens is 306 g/mol. The number of alkyl halides is 1. The molecule has 0 aromatic heterocycles. The number of sulfonamides is 1. The van der Waals surface area contributed by atoms with Crippen molar-refractivity contribution >= 4 is 21.6 Å². The van der Waals surface area contributed by atoms with Gasteiger partial charge in [-0.15, -0.1) is 11.6 Å². The highest BCUT2D eigenvalue weighted by atomic mass is 35.5. The Morgan fingerprint density at radius 3 is 2.38 bits per heavy atom. The Labute approximate surface area is 131 Å². The first-order valence-electron chi connectivity index (χ1n) is 6.66. The minimum Gasteiger partial charge on any atom is -0.209 e. The van der Waals surface area contributed by atoms with Crippen molar-refractivity contribution in [2.75, 3.05) is 6.54 Å². The molecule has 0 spiro atoms. The molecular formula is C16H18ClNO2S. The third-order valence-electron chi connectivity index (χ3n) is 3.23. The van der Waals surface area contributed by atoms with Crippen LogP contribution in [-0.4, -0.2) is 15.0 Å². The van der Waals surface area contributed by atoms with Gasteiger partial charge in [-0.05, 0) is 31.0 Å². The van der Waals surface area contributed by atoms with Gasteiger partial charge < -0.3 is 0 Å². The minimum atomic E-state index is -3.55. The normalized spacial score (nSPS) is 13.1. The molecule has 2 rings (SSSR count). The summed E-state index contributed by atoms with van der Waals surface area (Å²) in [5.74, 6) is 0. The topological polar surface area (TPSA) is 46.2 Å². The smallest absolute Gasteiger partial charge is 0.209 e. The van der Waals surface area contributed by atoms with E-state index in [-0.39, 0.29) is 6.54 Å². The number of benzene rings is 2. The van der Waals surface area contributed by atoms with Crippen molar-refractivity contribution in [2.24, 2.45) is 0 Å². The molecule has 0 fully saturated rings. The Balaban J connectivity index is 2.11. The largest absolute Gasteiger partial charge is 0.240 e. The van der Waals surface area contributed by atoms with E-state index in [9.17, 15) is 8.42 Å². The zero-order valence-corrected chi connectivity index (χ0v) is 13.6. The average molecular weight is 324 g/mol. The second kappa shape index (κ2) is 6.60. The number of hydrogen-bond donors (Lipinski definition) is 1. The molecule has 0 aliphatic carbocycles. The van der Waals surface area contributed by atoms with Crippen LogP contribution in [0.2, 0.25) is 0 Å². The van der Waals surface area contributed by atoms with Gasteiger partial charge in [0.25, 0.3) is 0 Å². The lowest BCUT2D eigenvalue weighted by atomic mass is 10.1. The lowest BCUT2D eigenvalue weighted by molar-refractivity contribution is 0.580. The third kappa shape index (κ3) is 4.06. The van der Waals surface area contributed by atoms with Gasteiger partial charge in [0.2, 0.25) is 10.0 Å². The lowest BCUT2D eigenvalue weighted by Gasteiger charge is -2.13. The summed E-state index contributed by atoms with van der Waals surface area (Å²) in [6, 6.07) is 14.7. The molecule has 1 N–H and O–H groups in total. The molecule has 0 amide bonds. The average Bonchev–Trinajstić information content (AvgIpc) is 2.45. The number of hydrogen-bond acceptors (Lipinski definition) is 2. The van der Waals surface area contributed by atoms with Crippen LogP contribution < -0.4 is 4.72 Å². The molecule has 5 heteroatoms. The fourth-order valence-corrected chi connectivity index (χ4v) is 3.73. The van der Waals surface area contributed by atoms with Gasteiger partial charge in [0.1, 0.15) is 0 Å². The fraction of sp³-hybridized carbons (Fsp3) is 0.250. The molecule has 21 heavy (non-hydrogen) atoms. The third-order valence-corrected chi connectivity index (χ3v) is 5.22. The molecule has 0 bridgehead atoms. The predicted octanol–water partition coefficient (Wildman–Crippen LogP) is 3.56. The summed E-state index contributed by atoms with van der Waals surface area (Å²) in [7, 11) is -3.55. The zero-order valence-electron chi connectivity index (χ0n) is 12.0. The first-order chi connectivity index (χ1) is 9.90. The Morgan fingerprint density at radius 1 is 1.10 bits per heavy atom. The van der Waals surface area contributed by atoms with Crippen LogP contribution in [-0.2, 0) is 10.0 Å². The van der Waals surface area contributed by atoms with E-state index in [1.807, 2.05) is 43.3 Å². The molecule has 0 saturated heterocycles. The highest BCUT2D eigenvalue weighted by Crippen LogP contribution is 2.21. The summed E-state index contributed by atoms with van der Waals surface area (Å²) in [5, 5.41) is -0.397. The fourth-order valence-electron chi connectivity index (χ4n) is 2.14. The lowest BCUT2D eigenvalue weighted by Crippen LogP contribution is -2.27. The highest BCUT2D eigenvalue weighted by Gasteiger charge is 2.18. The van der Waals surface area contributed by atoms with Gasteiger partial charge in [-0.2, -0.15) is 0 Å². The van der Waals surface area contributed by atoms with E-state index in [4.69, 9.17) is 11.6 Å². The second-order valence-corrected chi connectivity index (χ2v) is 7.26. The molecule has 2 aromatic rings. The molecule has 3 nitrogen and oxygen atoms in total. The molecule has 1 atom stereocenters. The van der Waals surface area contributed by atoms with Crippen LogP contribution in [0.5, 0.6) is 0 Å². The van der Waals surface area contributed by atoms with Crippen molar-refractivity contribution in [1.82, 2.24) is 4.72 Å². The number of aryl methyl sites for hydroxylation is 2. The Bertz CT molecular complexity index is 714. The summed E-state index contributed by atoms with van der Waals surface area (Å²) in [6.45, 7) is 3.87. The van der Waals surface area contributed by atoms with E-state index < -0.39 is 15.4 Å². The highest BCUT2D eigenvalue weighted by molar-refractivity contribution is 7.89. The molecule has 2 aromatic carbocycles. The first kappa shape index (κ1) is 16.0. The van der Waals surface area contributed by atoms with Crippen LogP contribution in [0.1, 0.15) is 22.1 Å². The zero-order chi connectivity index (χ0) is 15.5. The van der Waals surface area contributed by atoms with Gasteiger partial charge in [-0.25, -0.2) is 13.1 Å². The van der Waals surface area contributed by atoms with Crippen molar-refractivity contribution in [3.05, 3.63) is 65.2 Å². The van der Waals surface area contributed by atoms with Gasteiger partial charge in [0, 0.05) is 6.54 Å². The van der Waals surface area contributed by atoms with E-state index in [2.05, 4.69) is 4.72 Å². The maximum Gasteiger partial charge on any atom is 0.240 e. The summed E-state index contributed by atoms with van der Waals surface area (Å²) in [6.07, 6.45) is 0. The van der Waals surface area contributed by atoms with Crippen molar-refractivity contribution in [3.63, 3.8) is 0 Å². The predicted molar refractivity (Wildman–Crippen MR) is 86.1 cm³/mol. The Hall–Kier alpha value is -1.36. The van der Waals surface area contributed by atoms with Crippen molar-refractivity contribution < 1.29 is 8.42 Å². The first-order valence-corrected chi connectivity index (χ1v) is 8.58. The molecule has 0 saturated carbocycles. The summed E-state index contributed by atoms with van der Waals surface area (Å²) in [4.78, 5) is 0.296. The number of halogens is 1. The molecule has 0 heterocycles. The summed E-state index contributed by atoms with van der Waals surface area (Å²) >= 11 is 6.24. The molecule has 112 valence electrons.